The fraction of sp³-hybridized carbons (Fsp3) is 0.500. The van der Waals surface area contributed by atoms with Crippen molar-refractivity contribution in [2.45, 2.75) is 30.7 Å². The molecule has 0 aliphatic carbocycles. The third kappa shape index (κ3) is 4.29. The zero-order valence-corrected chi connectivity index (χ0v) is 12.2. The Morgan fingerprint density at radius 2 is 2.00 bits per heavy atom. The van der Waals surface area contributed by atoms with E-state index in [2.05, 4.69) is 39.2 Å². The third-order valence-electron chi connectivity index (χ3n) is 2.42. The maximum Gasteiger partial charge on any atom is 0.195 e. The molecular formula is C12H18N6S. The van der Waals surface area contributed by atoms with Crippen molar-refractivity contribution in [1.82, 2.24) is 30.0 Å². The average Bonchev–Trinajstić information content (AvgIpc) is 2.77. The monoisotopic (exact) mass is 278 g/mol. The molecule has 2 heterocycles. The molecule has 2 rings (SSSR count). The molecule has 1 N–H and O–H groups in total. The number of nitrogens with zero attached hydrogens (tertiary/aromatic N) is 5. The van der Waals surface area contributed by atoms with E-state index in [1.165, 1.54) is 18.1 Å². The van der Waals surface area contributed by atoms with E-state index in [0.717, 1.165) is 23.8 Å². The van der Waals surface area contributed by atoms with Gasteiger partial charge in [-0.25, -0.2) is 19.6 Å². The lowest BCUT2D eigenvalue weighted by atomic mass is 10.2. The number of aryl methyl sites for hydroxylation is 1. The predicted molar refractivity (Wildman–Crippen MR) is 73.7 cm³/mol. The molecule has 0 aromatic carbocycles. The second kappa shape index (κ2) is 6.63. The lowest BCUT2D eigenvalue weighted by Crippen LogP contribution is -2.19. The van der Waals surface area contributed by atoms with Crippen LogP contribution in [0.3, 0.4) is 0 Å². The van der Waals surface area contributed by atoms with Crippen LogP contribution in [0.5, 0.6) is 0 Å². The maximum atomic E-state index is 4.32. The van der Waals surface area contributed by atoms with Gasteiger partial charge in [0.1, 0.15) is 6.33 Å². The van der Waals surface area contributed by atoms with E-state index in [-0.39, 0.29) is 0 Å². The standard InChI is InChI=1S/C12H18N6S/c1-9(2)4-13-5-10-6-14-11(15-7-10)19-12-16-8-17-18(12)3/h6-9,13H,4-5H2,1-3H3. The van der Waals surface area contributed by atoms with E-state index in [9.17, 15) is 0 Å². The first-order valence-corrected chi connectivity index (χ1v) is 7.00. The maximum absolute atomic E-state index is 4.32. The molecule has 0 fully saturated rings. The van der Waals surface area contributed by atoms with Gasteiger partial charge in [0, 0.05) is 31.5 Å². The van der Waals surface area contributed by atoms with Gasteiger partial charge in [0.05, 0.1) is 0 Å². The van der Waals surface area contributed by atoms with Crippen LogP contribution in [0.2, 0.25) is 0 Å². The summed E-state index contributed by atoms with van der Waals surface area (Å²) in [6.07, 6.45) is 5.21. The SMILES string of the molecule is CC(C)CNCc1cnc(Sc2ncnn2C)nc1. The van der Waals surface area contributed by atoms with Crippen LogP contribution in [0.4, 0.5) is 0 Å². The molecule has 0 radical (unpaired) electrons. The lowest BCUT2D eigenvalue weighted by Gasteiger charge is -2.07. The summed E-state index contributed by atoms with van der Waals surface area (Å²) in [5.74, 6) is 0.645. The van der Waals surface area contributed by atoms with E-state index >= 15 is 0 Å². The van der Waals surface area contributed by atoms with Crippen molar-refractivity contribution in [2.75, 3.05) is 6.54 Å². The first-order valence-electron chi connectivity index (χ1n) is 6.18. The molecule has 0 aliphatic rings. The van der Waals surface area contributed by atoms with Gasteiger partial charge < -0.3 is 5.32 Å². The van der Waals surface area contributed by atoms with Crippen molar-refractivity contribution >= 4 is 11.8 Å². The molecule has 0 bridgehead atoms. The second-order valence-electron chi connectivity index (χ2n) is 4.67. The highest BCUT2D eigenvalue weighted by molar-refractivity contribution is 7.99. The summed E-state index contributed by atoms with van der Waals surface area (Å²) in [5.41, 5.74) is 1.09. The molecule has 19 heavy (non-hydrogen) atoms. The molecule has 0 spiro atoms. The van der Waals surface area contributed by atoms with Crippen molar-refractivity contribution in [2.24, 2.45) is 13.0 Å². The molecule has 102 valence electrons. The fourth-order valence-corrected chi connectivity index (χ4v) is 2.10. The summed E-state index contributed by atoms with van der Waals surface area (Å²) in [4.78, 5) is 12.8. The smallest absolute Gasteiger partial charge is 0.195 e. The minimum Gasteiger partial charge on any atom is -0.312 e. The van der Waals surface area contributed by atoms with Crippen LogP contribution in [-0.2, 0) is 13.6 Å². The van der Waals surface area contributed by atoms with Gasteiger partial charge in [-0.05, 0) is 24.2 Å². The van der Waals surface area contributed by atoms with E-state index in [0.29, 0.717) is 11.1 Å². The van der Waals surface area contributed by atoms with E-state index < -0.39 is 0 Å². The zero-order chi connectivity index (χ0) is 13.7. The van der Waals surface area contributed by atoms with E-state index in [4.69, 9.17) is 0 Å². The Hall–Kier alpha value is -1.47. The molecule has 0 saturated heterocycles. The molecule has 0 saturated carbocycles. The molecule has 6 nitrogen and oxygen atoms in total. The summed E-state index contributed by atoms with van der Waals surface area (Å²) in [6, 6.07) is 0. The Morgan fingerprint density at radius 3 is 2.58 bits per heavy atom. The molecule has 2 aromatic heterocycles. The molecule has 7 heteroatoms. The van der Waals surface area contributed by atoms with Crippen molar-refractivity contribution < 1.29 is 0 Å². The Kier molecular flexibility index (Phi) is 4.86. The van der Waals surface area contributed by atoms with Crippen LogP contribution in [0.1, 0.15) is 19.4 Å². The van der Waals surface area contributed by atoms with Crippen molar-refractivity contribution in [3.8, 4) is 0 Å². The largest absolute Gasteiger partial charge is 0.312 e. The van der Waals surface area contributed by atoms with Crippen LogP contribution in [0.25, 0.3) is 0 Å². The number of hydrogen-bond donors (Lipinski definition) is 1. The summed E-state index contributed by atoms with van der Waals surface area (Å²) in [5, 5.41) is 8.84. The van der Waals surface area contributed by atoms with E-state index in [1.54, 1.807) is 4.68 Å². The normalized spacial score (nSPS) is 11.2. The third-order valence-corrected chi connectivity index (χ3v) is 3.36. The summed E-state index contributed by atoms with van der Waals surface area (Å²) < 4.78 is 1.70. The Labute approximate surface area is 117 Å². The number of nitrogens with one attached hydrogen (secondary N) is 1. The second-order valence-corrected chi connectivity index (χ2v) is 5.60. The average molecular weight is 278 g/mol. The highest BCUT2D eigenvalue weighted by Gasteiger charge is 2.06. The van der Waals surface area contributed by atoms with Crippen LogP contribution >= 0.6 is 11.8 Å². The van der Waals surface area contributed by atoms with Crippen LogP contribution in [0, 0.1) is 5.92 Å². The molecule has 2 aromatic rings. The van der Waals surface area contributed by atoms with Gasteiger partial charge in [-0.2, -0.15) is 5.10 Å². The van der Waals surface area contributed by atoms with Crippen LogP contribution in [0.15, 0.2) is 29.0 Å². The van der Waals surface area contributed by atoms with Crippen molar-refractivity contribution in [3.63, 3.8) is 0 Å². The van der Waals surface area contributed by atoms with Gasteiger partial charge in [-0.3, -0.25) is 0 Å². The van der Waals surface area contributed by atoms with Crippen LogP contribution in [-0.4, -0.2) is 31.3 Å². The number of rotatable bonds is 6. The lowest BCUT2D eigenvalue weighted by molar-refractivity contribution is 0.550. The highest BCUT2D eigenvalue weighted by atomic mass is 32.2. The van der Waals surface area contributed by atoms with Gasteiger partial charge in [0.2, 0.25) is 0 Å². The Bertz CT molecular complexity index is 507. The van der Waals surface area contributed by atoms with Gasteiger partial charge >= 0.3 is 0 Å². The number of hydrogen-bond acceptors (Lipinski definition) is 6. The molecule has 0 aliphatic heterocycles. The summed E-state index contributed by atoms with van der Waals surface area (Å²) in [6.45, 7) is 6.16. The van der Waals surface area contributed by atoms with E-state index in [1.807, 2.05) is 19.4 Å². The quantitative estimate of drug-likeness (QED) is 0.808. The topological polar surface area (TPSA) is 68.5 Å². The highest BCUT2D eigenvalue weighted by Crippen LogP contribution is 2.20. The van der Waals surface area contributed by atoms with Gasteiger partial charge in [-0.1, -0.05) is 13.8 Å². The predicted octanol–water partition coefficient (Wildman–Crippen LogP) is 1.50. The van der Waals surface area contributed by atoms with Crippen LogP contribution < -0.4 is 5.32 Å². The van der Waals surface area contributed by atoms with Crippen molar-refractivity contribution in [3.05, 3.63) is 24.3 Å². The summed E-state index contributed by atoms with van der Waals surface area (Å²) in [7, 11) is 1.85. The van der Waals surface area contributed by atoms with Gasteiger partial charge in [0.15, 0.2) is 10.3 Å². The molecular weight excluding hydrogens is 260 g/mol. The number of aromatic nitrogens is 5. The first-order chi connectivity index (χ1) is 9.15. The molecule has 0 atom stereocenters. The minimum absolute atomic E-state index is 0.645. The van der Waals surface area contributed by atoms with Gasteiger partial charge in [0.25, 0.3) is 0 Å². The fourth-order valence-electron chi connectivity index (χ4n) is 1.45. The van der Waals surface area contributed by atoms with Crippen molar-refractivity contribution in [1.29, 1.82) is 0 Å². The van der Waals surface area contributed by atoms with Gasteiger partial charge in [-0.15, -0.1) is 0 Å². The Balaban J connectivity index is 1.89. The zero-order valence-electron chi connectivity index (χ0n) is 11.4. The first kappa shape index (κ1) is 14.0. The molecule has 0 amide bonds. The molecule has 0 unspecified atom stereocenters. The Morgan fingerprint density at radius 1 is 1.26 bits per heavy atom. The minimum atomic E-state index is 0.645. The summed E-state index contributed by atoms with van der Waals surface area (Å²) >= 11 is 1.41.